The summed E-state index contributed by atoms with van der Waals surface area (Å²) in [5.74, 6) is 1.53. The van der Waals surface area contributed by atoms with Gasteiger partial charge in [-0.2, -0.15) is 0 Å². The van der Waals surface area contributed by atoms with E-state index in [1.54, 1.807) is 24.2 Å². The van der Waals surface area contributed by atoms with E-state index in [0.29, 0.717) is 0 Å². The summed E-state index contributed by atoms with van der Waals surface area (Å²) in [6.07, 6.45) is 3.56. The Morgan fingerprint density at radius 1 is 0.952 bits per heavy atom. The average Bonchev–Trinajstić information content (AvgIpc) is 2.56. The second-order valence-electron chi connectivity index (χ2n) is 4.32. The van der Waals surface area contributed by atoms with Crippen molar-refractivity contribution in [2.75, 3.05) is 12.4 Å². The molecule has 0 radical (unpaired) electrons. The number of pyridine rings is 1. The zero-order valence-electron chi connectivity index (χ0n) is 11.5. The first-order valence-corrected chi connectivity index (χ1v) is 7.37. The summed E-state index contributed by atoms with van der Waals surface area (Å²) in [6, 6.07) is 15.9. The van der Waals surface area contributed by atoms with Gasteiger partial charge in [0.1, 0.15) is 10.8 Å². The van der Waals surface area contributed by atoms with Gasteiger partial charge in [0.2, 0.25) is 0 Å². The van der Waals surface area contributed by atoms with Crippen LogP contribution in [-0.2, 0) is 0 Å². The second kappa shape index (κ2) is 6.37. The highest BCUT2D eigenvalue weighted by Gasteiger charge is 2.07. The number of hydrogen-bond donors (Lipinski definition) is 1. The molecule has 3 aromatic rings. The van der Waals surface area contributed by atoms with Crippen LogP contribution in [-0.4, -0.2) is 22.0 Å². The van der Waals surface area contributed by atoms with E-state index in [0.717, 1.165) is 27.1 Å². The number of benzene rings is 1. The summed E-state index contributed by atoms with van der Waals surface area (Å²) in [4.78, 5) is 14.3. The van der Waals surface area contributed by atoms with E-state index in [-0.39, 0.29) is 0 Å². The Morgan fingerprint density at radius 2 is 1.71 bits per heavy atom. The third kappa shape index (κ3) is 3.38. The van der Waals surface area contributed by atoms with Crippen LogP contribution in [0.25, 0.3) is 11.4 Å². The van der Waals surface area contributed by atoms with E-state index in [9.17, 15) is 0 Å². The van der Waals surface area contributed by atoms with Crippen LogP contribution < -0.4 is 5.32 Å². The highest BCUT2D eigenvalue weighted by atomic mass is 32.2. The van der Waals surface area contributed by atoms with E-state index in [1.165, 1.54) is 0 Å². The lowest BCUT2D eigenvalue weighted by Crippen LogP contribution is -1.98. The van der Waals surface area contributed by atoms with Crippen molar-refractivity contribution in [2.45, 2.75) is 9.92 Å². The summed E-state index contributed by atoms with van der Waals surface area (Å²) < 4.78 is 0. The number of nitrogens with zero attached hydrogens (tertiary/aromatic N) is 3. The molecule has 4 nitrogen and oxygen atoms in total. The van der Waals surface area contributed by atoms with E-state index < -0.39 is 0 Å². The van der Waals surface area contributed by atoms with Gasteiger partial charge >= 0.3 is 0 Å². The molecular formula is C16H14N4S. The Balaban J connectivity index is 1.98. The molecule has 2 heterocycles. The van der Waals surface area contributed by atoms with E-state index >= 15 is 0 Å². The van der Waals surface area contributed by atoms with Crippen molar-refractivity contribution in [1.82, 2.24) is 15.0 Å². The Labute approximate surface area is 127 Å². The normalized spacial score (nSPS) is 10.3. The predicted molar refractivity (Wildman–Crippen MR) is 85.4 cm³/mol. The molecule has 5 heteroatoms. The van der Waals surface area contributed by atoms with E-state index in [2.05, 4.69) is 20.3 Å². The van der Waals surface area contributed by atoms with Gasteiger partial charge in [0.15, 0.2) is 5.82 Å². The first kappa shape index (κ1) is 13.6. The van der Waals surface area contributed by atoms with Crippen LogP contribution in [0.5, 0.6) is 0 Å². The van der Waals surface area contributed by atoms with Crippen molar-refractivity contribution in [3.63, 3.8) is 0 Å². The van der Waals surface area contributed by atoms with Gasteiger partial charge in [0.25, 0.3) is 0 Å². The minimum atomic E-state index is 0.721. The van der Waals surface area contributed by atoms with Gasteiger partial charge in [-0.05, 0) is 12.1 Å². The second-order valence-corrected chi connectivity index (χ2v) is 5.41. The molecule has 0 unspecified atom stereocenters. The quantitative estimate of drug-likeness (QED) is 0.743. The van der Waals surface area contributed by atoms with Crippen LogP contribution in [0.1, 0.15) is 0 Å². The van der Waals surface area contributed by atoms with Gasteiger partial charge in [-0.25, -0.2) is 9.97 Å². The first-order chi connectivity index (χ1) is 10.3. The highest BCUT2D eigenvalue weighted by Crippen LogP contribution is 2.28. The van der Waals surface area contributed by atoms with Crippen molar-refractivity contribution < 1.29 is 0 Å². The maximum absolute atomic E-state index is 4.64. The minimum Gasteiger partial charge on any atom is -0.373 e. The number of rotatable bonds is 4. The smallest absolute Gasteiger partial charge is 0.162 e. The molecule has 0 aliphatic heterocycles. The first-order valence-electron chi connectivity index (χ1n) is 6.55. The van der Waals surface area contributed by atoms with Gasteiger partial charge in [-0.1, -0.05) is 42.1 Å². The average molecular weight is 294 g/mol. The van der Waals surface area contributed by atoms with Gasteiger partial charge in [-0.3, -0.25) is 4.98 Å². The van der Waals surface area contributed by atoms with Crippen molar-refractivity contribution >= 4 is 17.6 Å². The maximum Gasteiger partial charge on any atom is 0.162 e. The summed E-state index contributed by atoms with van der Waals surface area (Å²) in [6.45, 7) is 0. The lowest BCUT2D eigenvalue weighted by Gasteiger charge is -2.07. The summed E-state index contributed by atoms with van der Waals surface area (Å²) in [5.41, 5.74) is 1.01. The van der Waals surface area contributed by atoms with Crippen molar-refractivity contribution in [3.8, 4) is 11.4 Å². The molecule has 21 heavy (non-hydrogen) atoms. The molecule has 2 aromatic heterocycles. The molecule has 0 saturated heterocycles. The monoisotopic (exact) mass is 294 g/mol. The fraction of sp³-hybridized carbons (Fsp3) is 0.0625. The molecule has 1 aromatic carbocycles. The fourth-order valence-electron chi connectivity index (χ4n) is 1.85. The Bertz CT molecular complexity index is 717. The van der Waals surface area contributed by atoms with Gasteiger partial charge < -0.3 is 5.32 Å². The summed E-state index contributed by atoms with van der Waals surface area (Å²) in [7, 11) is 1.86. The number of hydrogen-bond acceptors (Lipinski definition) is 5. The molecule has 104 valence electrons. The van der Waals surface area contributed by atoms with E-state index in [4.69, 9.17) is 0 Å². The molecule has 0 spiro atoms. The third-order valence-corrected chi connectivity index (χ3v) is 3.79. The Morgan fingerprint density at radius 3 is 2.43 bits per heavy atom. The molecule has 0 bridgehead atoms. The minimum absolute atomic E-state index is 0.721. The Hall–Kier alpha value is -2.40. The molecule has 0 fully saturated rings. The largest absolute Gasteiger partial charge is 0.373 e. The Kier molecular flexibility index (Phi) is 4.12. The standard InChI is InChI=1S/C16H14N4S/c1-17-14-11-15(21-13-7-9-18-10-8-13)20-16(19-14)12-5-3-2-4-6-12/h2-11H,1H3,(H,17,19,20). The molecule has 0 atom stereocenters. The zero-order chi connectivity index (χ0) is 14.5. The molecule has 0 saturated carbocycles. The van der Waals surface area contributed by atoms with Crippen LogP contribution in [0.4, 0.5) is 5.82 Å². The highest BCUT2D eigenvalue weighted by molar-refractivity contribution is 7.99. The molecule has 1 N–H and O–H groups in total. The molecule has 0 amide bonds. The number of nitrogens with one attached hydrogen (secondary N) is 1. The molecule has 0 aliphatic carbocycles. The van der Waals surface area contributed by atoms with E-state index in [1.807, 2.05) is 55.6 Å². The van der Waals surface area contributed by atoms with Crippen LogP contribution in [0.2, 0.25) is 0 Å². The fourth-order valence-corrected chi connectivity index (χ4v) is 2.65. The van der Waals surface area contributed by atoms with Crippen LogP contribution in [0, 0.1) is 0 Å². The van der Waals surface area contributed by atoms with Crippen molar-refractivity contribution in [3.05, 3.63) is 60.9 Å². The number of anilines is 1. The predicted octanol–water partition coefficient (Wildman–Crippen LogP) is 3.73. The molecular weight excluding hydrogens is 280 g/mol. The van der Waals surface area contributed by atoms with Gasteiger partial charge in [0.05, 0.1) is 0 Å². The SMILES string of the molecule is CNc1cc(Sc2ccncc2)nc(-c2ccccc2)n1. The lowest BCUT2D eigenvalue weighted by molar-refractivity contribution is 1.06. The lowest BCUT2D eigenvalue weighted by atomic mass is 10.2. The van der Waals surface area contributed by atoms with Crippen molar-refractivity contribution in [2.24, 2.45) is 0 Å². The third-order valence-electron chi connectivity index (χ3n) is 2.86. The van der Waals surface area contributed by atoms with Crippen molar-refractivity contribution in [1.29, 1.82) is 0 Å². The number of aromatic nitrogens is 3. The van der Waals surface area contributed by atoms with Crippen LogP contribution in [0.3, 0.4) is 0 Å². The van der Waals surface area contributed by atoms with Crippen LogP contribution in [0.15, 0.2) is 70.8 Å². The summed E-state index contributed by atoms with van der Waals surface area (Å²) >= 11 is 1.59. The summed E-state index contributed by atoms with van der Waals surface area (Å²) in [5, 5.41) is 3.99. The topological polar surface area (TPSA) is 50.7 Å². The van der Waals surface area contributed by atoms with Gasteiger partial charge in [-0.15, -0.1) is 0 Å². The van der Waals surface area contributed by atoms with Crippen LogP contribution >= 0.6 is 11.8 Å². The van der Waals surface area contributed by atoms with Gasteiger partial charge in [0, 0.05) is 36.0 Å². The maximum atomic E-state index is 4.64. The molecule has 3 rings (SSSR count). The zero-order valence-corrected chi connectivity index (χ0v) is 12.3. The molecule has 0 aliphatic rings.